The Morgan fingerprint density at radius 1 is 1.28 bits per heavy atom. The van der Waals surface area contributed by atoms with Gasteiger partial charge in [-0.05, 0) is 12.1 Å². The summed E-state index contributed by atoms with van der Waals surface area (Å²) in [4.78, 5) is 12.6. The van der Waals surface area contributed by atoms with Gasteiger partial charge in [0.15, 0.2) is 11.6 Å². The number of carbonyl (C=O) groups excluding carboxylic acids is 1. The molecule has 0 aliphatic heterocycles. The minimum absolute atomic E-state index is 0.00106. The summed E-state index contributed by atoms with van der Waals surface area (Å²) in [5, 5.41) is 1.70. The maximum Gasteiger partial charge on any atom is 0.206 e. The lowest BCUT2D eigenvalue weighted by Crippen LogP contribution is -2.03. The largest absolute Gasteiger partial charge is 0.496 e. The Labute approximate surface area is 108 Å². The number of thiophene rings is 1. The van der Waals surface area contributed by atoms with Gasteiger partial charge in [0, 0.05) is 11.4 Å². The molecule has 1 heterocycles. The first-order valence-corrected chi connectivity index (χ1v) is 6.05. The number of halogens is 1. The molecule has 0 spiro atoms. The van der Waals surface area contributed by atoms with Gasteiger partial charge in [0.2, 0.25) is 5.78 Å². The van der Waals surface area contributed by atoms with Gasteiger partial charge in [-0.3, -0.25) is 4.79 Å². The molecular weight excluding hydrogens is 255 g/mol. The standard InChI is InChI=1S/C13H11FO3S/c1-16-8-6-11(18-7-8)13(15)9-4-3-5-10(17-2)12(9)14/h3-7H,1-2H3. The van der Waals surface area contributed by atoms with Crippen LogP contribution in [-0.4, -0.2) is 20.0 Å². The van der Waals surface area contributed by atoms with Gasteiger partial charge in [-0.2, -0.15) is 0 Å². The Kier molecular flexibility index (Phi) is 3.62. The van der Waals surface area contributed by atoms with Gasteiger partial charge < -0.3 is 9.47 Å². The number of rotatable bonds is 4. The van der Waals surface area contributed by atoms with Crippen molar-refractivity contribution in [2.75, 3.05) is 14.2 Å². The summed E-state index contributed by atoms with van der Waals surface area (Å²) in [5.41, 5.74) is -0.00106. The highest BCUT2D eigenvalue weighted by atomic mass is 32.1. The second-order valence-corrected chi connectivity index (χ2v) is 4.41. The first kappa shape index (κ1) is 12.6. The summed E-state index contributed by atoms with van der Waals surface area (Å²) in [7, 11) is 2.88. The van der Waals surface area contributed by atoms with Crippen LogP contribution in [0.5, 0.6) is 11.5 Å². The van der Waals surface area contributed by atoms with E-state index in [9.17, 15) is 9.18 Å². The first-order chi connectivity index (χ1) is 8.67. The van der Waals surface area contributed by atoms with E-state index in [1.807, 2.05) is 0 Å². The van der Waals surface area contributed by atoms with Crippen molar-refractivity contribution in [1.29, 1.82) is 0 Å². The Morgan fingerprint density at radius 2 is 2.06 bits per heavy atom. The number of hydrogen-bond acceptors (Lipinski definition) is 4. The zero-order valence-corrected chi connectivity index (χ0v) is 10.7. The Bertz CT molecular complexity index is 577. The van der Waals surface area contributed by atoms with Crippen LogP contribution < -0.4 is 9.47 Å². The fourth-order valence-electron chi connectivity index (χ4n) is 1.52. The Morgan fingerprint density at radius 3 is 2.67 bits per heavy atom. The summed E-state index contributed by atoms with van der Waals surface area (Å²) in [5.74, 6) is -0.368. The number of ketones is 1. The third-order valence-corrected chi connectivity index (χ3v) is 3.37. The molecule has 3 nitrogen and oxygen atoms in total. The van der Waals surface area contributed by atoms with Crippen molar-refractivity contribution in [2.45, 2.75) is 0 Å². The molecule has 0 atom stereocenters. The number of carbonyl (C=O) groups is 1. The van der Waals surface area contributed by atoms with E-state index in [1.54, 1.807) is 17.5 Å². The van der Waals surface area contributed by atoms with Gasteiger partial charge in [0.25, 0.3) is 0 Å². The summed E-state index contributed by atoms with van der Waals surface area (Å²) in [6, 6.07) is 6.08. The lowest BCUT2D eigenvalue weighted by molar-refractivity contribution is 0.103. The molecule has 0 N–H and O–H groups in total. The summed E-state index contributed by atoms with van der Waals surface area (Å²) in [6.07, 6.45) is 0. The molecule has 0 aliphatic rings. The molecule has 0 fully saturated rings. The van der Waals surface area contributed by atoms with Crippen molar-refractivity contribution >= 4 is 17.1 Å². The minimum Gasteiger partial charge on any atom is -0.496 e. The van der Waals surface area contributed by atoms with Crippen molar-refractivity contribution in [2.24, 2.45) is 0 Å². The summed E-state index contributed by atoms with van der Waals surface area (Å²) in [6.45, 7) is 0. The van der Waals surface area contributed by atoms with E-state index in [0.717, 1.165) is 0 Å². The maximum atomic E-state index is 13.9. The van der Waals surface area contributed by atoms with Crippen molar-refractivity contribution in [3.05, 3.63) is 45.9 Å². The number of hydrogen-bond donors (Lipinski definition) is 0. The van der Waals surface area contributed by atoms with Gasteiger partial charge in [0.1, 0.15) is 5.75 Å². The highest BCUT2D eigenvalue weighted by molar-refractivity contribution is 7.12. The summed E-state index contributed by atoms with van der Waals surface area (Å²) >= 11 is 1.22. The predicted molar refractivity (Wildman–Crippen MR) is 67.3 cm³/mol. The number of ether oxygens (including phenoxy) is 2. The molecule has 18 heavy (non-hydrogen) atoms. The van der Waals surface area contributed by atoms with Crippen molar-refractivity contribution in [1.82, 2.24) is 0 Å². The maximum absolute atomic E-state index is 13.9. The predicted octanol–water partition coefficient (Wildman–Crippen LogP) is 3.14. The molecule has 0 unspecified atom stereocenters. The molecule has 0 radical (unpaired) electrons. The van der Waals surface area contributed by atoms with Gasteiger partial charge in [-0.1, -0.05) is 6.07 Å². The van der Waals surface area contributed by atoms with Crippen molar-refractivity contribution < 1.29 is 18.7 Å². The van der Waals surface area contributed by atoms with Crippen molar-refractivity contribution in [3.8, 4) is 11.5 Å². The third kappa shape index (κ3) is 2.22. The quantitative estimate of drug-likeness (QED) is 0.797. The molecule has 2 aromatic rings. The van der Waals surface area contributed by atoms with E-state index in [2.05, 4.69) is 0 Å². The van der Waals surface area contributed by atoms with Crippen LogP contribution in [-0.2, 0) is 0 Å². The second-order valence-electron chi connectivity index (χ2n) is 3.50. The van der Waals surface area contributed by atoms with E-state index < -0.39 is 5.82 Å². The molecule has 0 bridgehead atoms. The van der Waals surface area contributed by atoms with Gasteiger partial charge in [0.05, 0.1) is 24.7 Å². The van der Waals surface area contributed by atoms with Gasteiger partial charge in [-0.25, -0.2) is 4.39 Å². The van der Waals surface area contributed by atoms with Gasteiger partial charge >= 0.3 is 0 Å². The minimum atomic E-state index is -0.641. The first-order valence-electron chi connectivity index (χ1n) is 5.17. The highest BCUT2D eigenvalue weighted by Gasteiger charge is 2.18. The fraction of sp³-hybridized carbons (Fsp3) is 0.154. The molecular formula is C13H11FO3S. The van der Waals surface area contributed by atoms with Gasteiger partial charge in [-0.15, -0.1) is 11.3 Å². The van der Waals surface area contributed by atoms with Crippen LogP contribution in [0.25, 0.3) is 0 Å². The van der Waals surface area contributed by atoms with Crippen LogP contribution >= 0.6 is 11.3 Å². The van der Waals surface area contributed by atoms with Crippen LogP contribution in [0.4, 0.5) is 4.39 Å². The average molecular weight is 266 g/mol. The fourth-order valence-corrected chi connectivity index (χ4v) is 2.33. The smallest absolute Gasteiger partial charge is 0.206 e. The molecule has 2 rings (SSSR count). The van der Waals surface area contributed by atoms with E-state index in [4.69, 9.17) is 9.47 Å². The topological polar surface area (TPSA) is 35.5 Å². The molecule has 5 heteroatoms. The molecule has 0 aliphatic carbocycles. The molecule has 1 aromatic heterocycles. The molecule has 0 saturated heterocycles. The average Bonchev–Trinajstić information content (AvgIpc) is 2.87. The number of benzene rings is 1. The zero-order valence-electron chi connectivity index (χ0n) is 9.90. The zero-order chi connectivity index (χ0) is 13.1. The SMILES string of the molecule is COc1csc(C(=O)c2cccc(OC)c2F)c1. The van der Waals surface area contributed by atoms with Crippen LogP contribution in [0.3, 0.4) is 0 Å². The normalized spacial score (nSPS) is 10.2. The van der Waals surface area contributed by atoms with E-state index in [0.29, 0.717) is 10.6 Å². The molecule has 0 amide bonds. The Balaban J connectivity index is 2.39. The van der Waals surface area contributed by atoms with Crippen LogP contribution in [0.1, 0.15) is 15.2 Å². The van der Waals surface area contributed by atoms with Crippen LogP contribution in [0, 0.1) is 5.82 Å². The monoisotopic (exact) mass is 266 g/mol. The van der Waals surface area contributed by atoms with E-state index in [-0.39, 0.29) is 17.1 Å². The highest BCUT2D eigenvalue weighted by Crippen LogP contribution is 2.27. The summed E-state index contributed by atoms with van der Waals surface area (Å²) < 4.78 is 23.8. The second kappa shape index (κ2) is 5.18. The Hall–Kier alpha value is -1.88. The molecule has 94 valence electrons. The molecule has 1 aromatic carbocycles. The lowest BCUT2D eigenvalue weighted by Gasteiger charge is -2.05. The lowest BCUT2D eigenvalue weighted by atomic mass is 10.1. The van der Waals surface area contributed by atoms with Crippen LogP contribution in [0.15, 0.2) is 29.6 Å². The number of methoxy groups -OCH3 is 2. The van der Waals surface area contributed by atoms with E-state index >= 15 is 0 Å². The third-order valence-electron chi connectivity index (χ3n) is 2.46. The van der Waals surface area contributed by atoms with Crippen molar-refractivity contribution in [3.63, 3.8) is 0 Å². The van der Waals surface area contributed by atoms with E-state index in [1.165, 1.54) is 37.7 Å². The molecule has 0 saturated carbocycles. The van der Waals surface area contributed by atoms with Crippen LogP contribution in [0.2, 0.25) is 0 Å².